The van der Waals surface area contributed by atoms with Crippen molar-refractivity contribution >= 4 is 27.7 Å². The van der Waals surface area contributed by atoms with E-state index in [1.54, 1.807) is 12.4 Å². The predicted molar refractivity (Wildman–Crippen MR) is 103 cm³/mol. The van der Waals surface area contributed by atoms with Gasteiger partial charge >= 0.3 is 0 Å². The third-order valence-electron chi connectivity index (χ3n) is 4.36. The van der Waals surface area contributed by atoms with Gasteiger partial charge in [0.15, 0.2) is 11.6 Å². The van der Waals surface area contributed by atoms with Crippen LogP contribution in [0.1, 0.15) is 11.4 Å². The molecule has 1 fully saturated rings. The average molecular weight is 415 g/mol. The van der Waals surface area contributed by atoms with E-state index >= 15 is 0 Å². The molecule has 134 valence electrons. The Balaban J connectivity index is 1.43. The molecular formula is C17H19BrN8. The van der Waals surface area contributed by atoms with E-state index < -0.39 is 0 Å². The molecule has 0 bridgehead atoms. The second-order valence-electron chi connectivity index (χ2n) is 6.26. The van der Waals surface area contributed by atoms with E-state index in [1.165, 1.54) is 0 Å². The van der Waals surface area contributed by atoms with E-state index in [1.807, 2.05) is 36.7 Å². The van der Waals surface area contributed by atoms with Crippen molar-refractivity contribution in [2.24, 2.45) is 0 Å². The van der Waals surface area contributed by atoms with Crippen LogP contribution in [0.5, 0.6) is 0 Å². The Labute approximate surface area is 160 Å². The molecule has 0 unspecified atom stereocenters. The van der Waals surface area contributed by atoms with Crippen LogP contribution >= 0.6 is 15.9 Å². The van der Waals surface area contributed by atoms with Gasteiger partial charge in [-0.15, -0.1) is 10.2 Å². The highest BCUT2D eigenvalue weighted by Crippen LogP contribution is 2.18. The molecule has 0 radical (unpaired) electrons. The number of aromatic nitrogens is 6. The van der Waals surface area contributed by atoms with Crippen molar-refractivity contribution in [1.82, 2.24) is 29.9 Å². The molecule has 4 heterocycles. The average Bonchev–Trinajstić information content (AvgIpc) is 3.01. The SMILES string of the molecule is Cc1cc(C)n(-c2ccc(N3CCN(c4ncc(Br)cn4)CC3)nn2)n1. The van der Waals surface area contributed by atoms with Crippen LogP contribution in [0, 0.1) is 13.8 Å². The Morgan fingerprint density at radius 3 is 2.08 bits per heavy atom. The van der Waals surface area contributed by atoms with Gasteiger partial charge in [0.2, 0.25) is 5.95 Å². The van der Waals surface area contributed by atoms with Crippen LogP contribution in [0.25, 0.3) is 5.82 Å². The lowest BCUT2D eigenvalue weighted by molar-refractivity contribution is 0.629. The number of aryl methyl sites for hydroxylation is 2. The van der Waals surface area contributed by atoms with Crippen LogP contribution in [-0.2, 0) is 0 Å². The number of rotatable bonds is 3. The van der Waals surface area contributed by atoms with Gasteiger partial charge in [-0.25, -0.2) is 14.6 Å². The van der Waals surface area contributed by atoms with E-state index in [-0.39, 0.29) is 0 Å². The lowest BCUT2D eigenvalue weighted by atomic mass is 10.3. The first-order valence-corrected chi connectivity index (χ1v) is 9.24. The molecule has 3 aromatic rings. The van der Waals surface area contributed by atoms with Crippen molar-refractivity contribution in [3.63, 3.8) is 0 Å². The Bertz CT molecular complexity index is 882. The van der Waals surface area contributed by atoms with Crippen LogP contribution in [0.4, 0.5) is 11.8 Å². The maximum atomic E-state index is 4.45. The molecule has 0 amide bonds. The topological polar surface area (TPSA) is 75.9 Å². The lowest BCUT2D eigenvalue weighted by Crippen LogP contribution is -2.47. The molecular weight excluding hydrogens is 396 g/mol. The molecule has 1 aliphatic heterocycles. The summed E-state index contributed by atoms with van der Waals surface area (Å²) in [6.45, 7) is 7.39. The van der Waals surface area contributed by atoms with E-state index in [9.17, 15) is 0 Å². The minimum Gasteiger partial charge on any atom is -0.352 e. The summed E-state index contributed by atoms with van der Waals surface area (Å²) in [5.41, 5.74) is 2.02. The highest BCUT2D eigenvalue weighted by Gasteiger charge is 2.20. The maximum absolute atomic E-state index is 4.45. The molecule has 4 rings (SSSR count). The van der Waals surface area contributed by atoms with Crippen LogP contribution in [0.15, 0.2) is 35.1 Å². The number of piperazine rings is 1. The van der Waals surface area contributed by atoms with Crippen LogP contribution in [-0.4, -0.2) is 56.1 Å². The van der Waals surface area contributed by atoms with Crippen molar-refractivity contribution in [3.05, 3.63) is 46.5 Å². The molecule has 9 heteroatoms. The highest BCUT2D eigenvalue weighted by atomic mass is 79.9. The van der Waals surface area contributed by atoms with Gasteiger partial charge in [-0.1, -0.05) is 0 Å². The van der Waals surface area contributed by atoms with E-state index in [4.69, 9.17) is 0 Å². The summed E-state index contributed by atoms with van der Waals surface area (Å²) in [4.78, 5) is 13.1. The zero-order valence-corrected chi connectivity index (χ0v) is 16.3. The minimum atomic E-state index is 0.737. The fourth-order valence-corrected chi connectivity index (χ4v) is 3.27. The summed E-state index contributed by atoms with van der Waals surface area (Å²) in [6.07, 6.45) is 3.55. The highest BCUT2D eigenvalue weighted by molar-refractivity contribution is 9.10. The van der Waals surface area contributed by atoms with Crippen molar-refractivity contribution in [1.29, 1.82) is 0 Å². The summed E-state index contributed by atoms with van der Waals surface area (Å²) in [5, 5.41) is 13.2. The molecule has 0 saturated carbocycles. The first-order chi connectivity index (χ1) is 12.6. The minimum absolute atomic E-state index is 0.737. The van der Waals surface area contributed by atoms with Gasteiger partial charge in [0, 0.05) is 44.3 Å². The summed E-state index contributed by atoms with van der Waals surface area (Å²) in [7, 11) is 0. The molecule has 0 N–H and O–H groups in total. The third kappa shape index (κ3) is 3.39. The summed E-state index contributed by atoms with van der Waals surface area (Å²) >= 11 is 3.36. The van der Waals surface area contributed by atoms with Crippen LogP contribution in [0.3, 0.4) is 0 Å². The second-order valence-corrected chi connectivity index (χ2v) is 7.18. The largest absolute Gasteiger partial charge is 0.352 e. The monoisotopic (exact) mass is 414 g/mol. The summed E-state index contributed by atoms with van der Waals surface area (Å²) in [5.74, 6) is 2.38. The fourth-order valence-electron chi connectivity index (χ4n) is 3.06. The molecule has 26 heavy (non-hydrogen) atoms. The Morgan fingerprint density at radius 2 is 1.50 bits per heavy atom. The number of halogens is 1. The standard InChI is InChI=1S/C17H19BrN8/c1-12-9-13(2)26(23-12)16-4-3-15(21-22-16)24-5-7-25(8-6-24)17-19-10-14(18)11-20-17/h3-4,9-11H,5-8H2,1-2H3. The van der Waals surface area contributed by atoms with Gasteiger partial charge < -0.3 is 9.80 Å². The molecule has 0 aliphatic carbocycles. The quantitative estimate of drug-likeness (QED) is 0.649. The van der Waals surface area contributed by atoms with Gasteiger partial charge in [0.05, 0.1) is 10.2 Å². The Hall–Kier alpha value is -2.55. The lowest BCUT2D eigenvalue weighted by Gasteiger charge is -2.35. The number of hydrogen-bond donors (Lipinski definition) is 0. The third-order valence-corrected chi connectivity index (χ3v) is 4.77. The van der Waals surface area contributed by atoms with Crippen molar-refractivity contribution in [2.75, 3.05) is 36.0 Å². The summed E-state index contributed by atoms with van der Waals surface area (Å²) < 4.78 is 2.70. The van der Waals surface area contributed by atoms with Gasteiger partial charge in [0.1, 0.15) is 0 Å². The van der Waals surface area contributed by atoms with Crippen LogP contribution < -0.4 is 9.80 Å². The van der Waals surface area contributed by atoms with Gasteiger partial charge in [0.25, 0.3) is 0 Å². The second kappa shape index (κ2) is 6.99. The van der Waals surface area contributed by atoms with Gasteiger partial charge in [-0.05, 0) is 48.0 Å². The number of anilines is 2. The number of hydrogen-bond acceptors (Lipinski definition) is 7. The first kappa shape index (κ1) is 16.9. The van der Waals surface area contributed by atoms with Crippen molar-refractivity contribution in [2.45, 2.75) is 13.8 Å². The first-order valence-electron chi connectivity index (χ1n) is 8.45. The zero-order chi connectivity index (χ0) is 18.1. The van der Waals surface area contributed by atoms with Crippen molar-refractivity contribution < 1.29 is 0 Å². The van der Waals surface area contributed by atoms with Crippen molar-refractivity contribution in [3.8, 4) is 5.82 Å². The Morgan fingerprint density at radius 1 is 0.885 bits per heavy atom. The van der Waals surface area contributed by atoms with E-state index in [0.29, 0.717) is 0 Å². The van der Waals surface area contributed by atoms with Crippen LogP contribution in [0.2, 0.25) is 0 Å². The number of nitrogens with zero attached hydrogens (tertiary/aromatic N) is 8. The van der Waals surface area contributed by atoms with E-state index in [0.717, 1.165) is 59.6 Å². The molecule has 8 nitrogen and oxygen atoms in total. The summed E-state index contributed by atoms with van der Waals surface area (Å²) in [6, 6.07) is 6.00. The molecule has 1 aliphatic rings. The molecule has 1 saturated heterocycles. The predicted octanol–water partition coefficient (Wildman–Crippen LogP) is 2.16. The molecule has 0 aromatic carbocycles. The van der Waals surface area contributed by atoms with Gasteiger partial charge in [-0.3, -0.25) is 0 Å². The zero-order valence-electron chi connectivity index (χ0n) is 14.7. The fraction of sp³-hybridized carbons (Fsp3) is 0.353. The maximum Gasteiger partial charge on any atom is 0.225 e. The van der Waals surface area contributed by atoms with Gasteiger partial charge in [-0.2, -0.15) is 5.10 Å². The molecule has 0 atom stereocenters. The van der Waals surface area contributed by atoms with E-state index in [2.05, 4.69) is 51.0 Å². The molecule has 3 aromatic heterocycles. The smallest absolute Gasteiger partial charge is 0.225 e. The molecule has 0 spiro atoms. The normalized spacial score (nSPS) is 14.7. The Kier molecular flexibility index (Phi) is 4.54.